The molecule has 0 aromatic heterocycles. The van der Waals surface area contributed by atoms with Crippen LogP contribution in [0.25, 0.3) is 0 Å². The molecule has 1 amide bonds. The molecule has 1 aliphatic rings. The van der Waals surface area contributed by atoms with E-state index in [0.29, 0.717) is 19.1 Å². The van der Waals surface area contributed by atoms with Gasteiger partial charge in [-0.1, -0.05) is 19.3 Å². The van der Waals surface area contributed by atoms with Crippen LogP contribution in [-0.4, -0.2) is 50.8 Å². The Bertz CT molecular complexity index is 353. The number of carbonyl (C=O) groups excluding carboxylic acids is 1. The number of nitrogens with one attached hydrogen (secondary N) is 3. The van der Waals surface area contributed by atoms with E-state index < -0.39 is 0 Å². The van der Waals surface area contributed by atoms with E-state index in [0.717, 1.165) is 25.5 Å². The van der Waals surface area contributed by atoms with Crippen LogP contribution in [0.4, 0.5) is 0 Å². The highest BCUT2D eigenvalue weighted by Gasteiger charge is 2.13. The second kappa shape index (κ2) is 12.2. The van der Waals surface area contributed by atoms with E-state index in [4.69, 9.17) is 4.74 Å². The third-order valence-electron chi connectivity index (χ3n) is 3.84. The normalized spacial score (nSPS) is 16.4. The molecule has 0 unspecified atom stereocenters. The number of guanidine groups is 1. The zero-order valence-electron chi connectivity index (χ0n) is 15.0. The second-order valence-corrected chi connectivity index (χ2v) is 6.38. The van der Waals surface area contributed by atoms with Crippen molar-refractivity contribution in [2.75, 3.05) is 26.7 Å². The predicted octanol–water partition coefficient (Wildman–Crippen LogP) is 1.81. The smallest absolute Gasteiger partial charge is 0.221 e. The number of aliphatic imine (C=N–C) groups is 1. The zero-order valence-corrected chi connectivity index (χ0v) is 15.0. The van der Waals surface area contributed by atoms with Crippen molar-refractivity contribution in [2.45, 2.75) is 70.9 Å². The molecule has 6 nitrogen and oxygen atoms in total. The Morgan fingerprint density at radius 1 is 1.17 bits per heavy atom. The summed E-state index contributed by atoms with van der Waals surface area (Å²) < 4.78 is 5.89. The number of carbonyl (C=O) groups is 1. The average molecular weight is 326 g/mol. The molecule has 23 heavy (non-hydrogen) atoms. The minimum atomic E-state index is 0.0591. The second-order valence-electron chi connectivity index (χ2n) is 6.38. The Morgan fingerprint density at radius 2 is 1.87 bits per heavy atom. The summed E-state index contributed by atoms with van der Waals surface area (Å²) in [5, 5.41) is 9.27. The summed E-state index contributed by atoms with van der Waals surface area (Å²) in [7, 11) is 1.74. The van der Waals surface area contributed by atoms with Gasteiger partial charge in [0.2, 0.25) is 5.91 Å². The van der Waals surface area contributed by atoms with Crippen LogP contribution in [0.2, 0.25) is 0 Å². The van der Waals surface area contributed by atoms with Gasteiger partial charge in [0.1, 0.15) is 0 Å². The topological polar surface area (TPSA) is 74.8 Å². The van der Waals surface area contributed by atoms with E-state index in [2.05, 4.69) is 20.9 Å². The summed E-state index contributed by atoms with van der Waals surface area (Å²) in [5.41, 5.74) is 0. The lowest BCUT2D eigenvalue weighted by molar-refractivity contribution is -0.121. The molecule has 6 heteroatoms. The van der Waals surface area contributed by atoms with Gasteiger partial charge in [-0.15, -0.1) is 0 Å². The lowest BCUT2D eigenvalue weighted by Gasteiger charge is -2.22. The molecule has 0 atom stereocenters. The van der Waals surface area contributed by atoms with Gasteiger partial charge < -0.3 is 20.7 Å². The Morgan fingerprint density at radius 3 is 2.52 bits per heavy atom. The van der Waals surface area contributed by atoms with Gasteiger partial charge in [0.15, 0.2) is 5.96 Å². The molecule has 0 saturated heterocycles. The van der Waals surface area contributed by atoms with Gasteiger partial charge in [-0.05, 0) is 33.1 Å². The van der Waals surface area contributed by atoms with E-state index in [9.17, 15) is 4.79 Å². The molecule has 0 heterocycles. The summed E-state index contributed by atoms with van der Waals surface area (Å²) >= 11 is 0. The number of nitrogens with zero attached hydrogens (tertiary/aromatic N) is 1. The first-order valence-corrected chi connectivity index (χ1v) is 8.97. The van der Waals surface area contributed by atoms with E-state index in [1.807, 2.05) is 13.8 Å². The van der Waals surface area contributed by atoms with Crippen LogP contribution in [0, 0.1) is 0 Å². The maximum Gasteiger partial charge on any atom is 0.221 e. The molecular formula is C17H34N4O2. The zero-order chi connectivity index (χ0) is 16.9. The first-order chi connectivity index (χ1) is 11.1. The lowest BCUT2D eigenvalue weighted by atomic mass is 9.98. The van der Waals surface area contributed by atoms with E-state index in [1.165, 1.54) is 32.1 Å². The third kappa shape index (κ3) is 10.2. The largest absolute Gasteiger partial charge is 0.378 e. The fourth-order valence-corrected chi connectivity index (χ4v) is 2.67. The molecular weight excluding hydrogens is 292 g/mol. The molecule has 0 spiro atoms. The van der Waals surface area contributed by atoms with Crippen LogP contribution >= 0.6 is 0 Å². The minimum Gasteiger partial charge on any atom is -0.378 e. The summed E-state index contributed by atoms with van der Waals surface area (Å²) in [5.74, 6) is 0.795. The Labute approximate surface area is 140 Å². The molecule has 0 aromatic carbocycles. The Balaban J connectivity index is 2.01. The van der Waals surface area contributed by atoms with Gasteiger partial charge in [0.05, 0.1) is 6.10 Å². The SMILES string of the molecule is CN=C(NCCCOC1CCCCC1)NCCC(=O)NC(C)C. The van der Waals surface area contributed by atoms with Crippen molar-refractivity contribution >= 4 is 11.9 Å². The first-order valence-electron chi connectivity index (χ1n) is 8.97. The maximum absolute atomic E-state index is 11.5. The first kappa shape index (κ1) is 19.7. The third-order valence-corrected chi connectivity index (χ3v) is 3.84. The fourth-order valence-electron chi connectivity index (χ4n) is 2.67. The number of hydrogen-bond acceptors (Lipinski definition) is 3. The quantitative estimate of drug-likeness (QED) is 0.343. The number of amides is 1. The van der Waals surface area contributed by atoms with Crippen molar-refractivity contribution in [3.05, 3.63) is 0 Å². The Hall–Kier alpha value is -1.30. The summed E-state index contributed by atoms with van der Waals surface area (Å²) in [6.45, 7) is 6.12. The summed E-state index contributed by atoms with van der Waals surface area (Å²) in [4.78, 5) is 15.7. The summed E-state index contributed by atoms with van der Waals surface area (Å²) in [6, 6.07) is 0.184. The monoisotopic (exact) mass is 326 g/mol. The average Bonchev–Trinajstić information content (AvgIpc) is 2.53. The molecule has 0 bridgehead atoms. The van der Waals surface area contributed by atoms with Crippen LogP contribution in [0.5, 0.6) is 0 Å². The maximum atomic E-state index is 11.5. The molecule has 1 aliphatic carbocycles. The van der Waals surface area contributed by atoms with Crippen molar-refractivity contribution in [1.82, 2.24) is 16.0 Å². The molecule has 1 fully saturated rings. The van der Waals surface area contributed by atoms with Crippen molar-refractivity contribution < 1.29 is 9.53 Å². The predicted molar refractivity (Wildman–Crippen MR) is 94.7 cm³/mol. The molecule has 0 radical (unpaired) electrons. The van der Waals surface area contributed by atoms with Gasteiger partial charge in [0, 0.05) is 39.2 Å². The standard InChI is InChI=1S/C17H34N4O2/c1-14(2)21-16(22)10-12-20-17(18-3)19-11-7-13-23-15-8-5-4-6-9-15/h14-15H,4-13H2,1-3H3,(H,21,22)(H2,18,19,20). The van der Waals surface area contributed by atoms with Crippen molar-refractivity contribution in [3.63, 3.8) is 0 Å². The van der Waals surface area contributed by atoms with Gasteiger partial charge in [0.25, 0.3) is 0 Å². The van der Waals surface area contributed by atoms with E-state index >= 15 is 0 Å². The van der Waals surface area contributed by atoms with Crippen LogP contribution in [0.3, 0.4) is 0 Å². The van der Waals surface area contributed by atoms with Crippen molar-refractivity contribution in [3.8, 4) is 0 Å². The highest BCUT2D eigenvalue weighted by molar-refractivity contribution is 5.81. The van der Waals surface area contributed by atoms with E-state index in [-0.39, 0.29) is 11.9 Å². The number of ether oxygens (including phenoxy) is 1. The van der Waals surface area contributed by atoms with Gasteiger partial charge in [-0.2, -0.15) is 0 Å². The van der Waals surface area contributed by atoms with Crippen LogP contribution < -0.4 is 16.0 Å². The van der Waals surface area contributed by atoms with Gasteiger partial charge in [-0.3, -0.25) is 9.79 Å². The molecule has 3 N–H and O–H groups in total. The number of rotatable bonds is 9. The molecule has 0 aliphatic heterocycles. The molecule has 0 aromatic rings. The molecule has 1 saturated carbocycles. The van der Waals surface area contributed by atoms with Crippen LogP contribution in [0.1, 0.15) is 58.8 Å². The van der Waals surface area contributed by atoms with Crippen molar-refractivity contribution in [1.29, 1.82) is 0 Å². The van der Waals surface area contributed by atoms with Crippen LogP contribution in [-0.2, 0) is 9.53 Å². The van der Waals surface area contributed by atoms with Gasteiger partial charge in [-0.25, -0.2) is 0 Å². The van der Waals surface area contributed by atoms with Gasteiger partial charge >= 0.3 is 0 Å². The number of hydrogen-bond donors (Lipinski definition) is 3. The molecule has 134 valence electrons. The molecule has 1 rings (SSSR count). The minimum absolute atomic E-state index is 0.0591. The van der Waals surface area contributed by atoms with Crippen LogP contribution in [0.15, 0.2) is 4.99 Å². The fraction of sp³-hybridized carbons (Fsp3) is 0.882. The Kier molecular flexibility index (Phi) is 10.4. The summed E-state index contributed by atoms with van der Waals surface area (Å²) in [6.07, 6.45) is 8.30. The highest BCUT2D eigenvalue weighted by atomic mass is 16.5. The van der Waals surface area contributed by atoms with Crippen molar-refractivity contribution in [2.24, 2.45) is 4.99 Å². The lowest BCUT2D eigenvalue weighted by Crippen LogP contribution is -2.40. The highest BCUT2D eigenvalue weighted by Crippen LogP contribution is 2.20. The van der Waals surface area contributed by atoms with E-state index in [1.54, 1.807) is 7.05 Å².